The van der Waals surface area contributed by atoms with Crippen LogP contribution in [0.4, 0.5) is 27.8 Å². The Morgan fingerprint density at radius 3 is 2.59 bits per heavy atom. The maximum atomic E-state index is 13.8. The molecule has 0 radical (unpaired) electrons. The predicted octanol–water partition coefficient (Wildman–Crippen LogP) is 3.13. The van der Waals surface area contributed by atoms with Crippen LogP contribution in [0.15, 0.2) is 17.7 Å². The van der Waals surface area contributed by atoms with Gasteiger partial charge >= 0.3 is 6.18 Å². The summed E-state index contributed by atoms with van der Waals surface area (Å²) in [6.07, 6.45) is -3.60. The summed E-state index contributed by atoms with van der Waals surface area (Å²) in [4.78, 5) is 7.36. The smallest absolute Gasteiger partial charge is 0.366 e. The number of imidazole rings is 1. The van der Waals surface area contributed by atoms with Gasteiger partial charge in [-0.3, -0.25) is 0 Å². The van der Waals surface area contributed by atoms with E-state index in [1.165, 1.54) is 11.6 Å². The third-order valence-electron chi connectivity index (χ3n) is 3.27. The number of hydrogen-bond acceptors (Lipinski definition) is 3. The first-order valence-corrected chi connectivity index (χ1v) is 6.18. The van der Waals surface area contributed by atoms with Gasteiger partial charge in [0, 0.05) is 13.6 Å². The van der Waals surface area contributed by atoms with Crippen LogP contribution >= 0.6 is 0 Å². The van der Waals surface area contributed by atoms with Gasteiger partial charge in [-0.15, -0.1) is 0 Å². The lowest BCUT2D eigenvalue weighted by atomic mass is 10.1. The van der Waals surface area contributed by atoms with E-state index < -0.39 is 30.1 Å². The molecule has 1 N–H and O–H groups in total. The molecule has 0 aliphatic carbocycles. The summed E-state index contributed by atoms with van der Waals surface area (Å²) in [5.74, 6) is -1.49. The minimum atomic E-state index is -4.48. The van der Waals surface area contributed by atoms with Gasteiger partial charge in [0.25, 0.3) is 0 Å². The zero-order valence-electron chi connectivity index (χ0n) is 11.2. The van der Waals surface area contributed by atoms with Crippen LogP contribution in [0.5, 0.6) is 0 Å². The number of fused-ring (bicyclic) bond motifs is 1. The SMILES string of the molecule is Cn1c(-c2nc(F)ccc2F)nc2c1NCC(C(F)(F)F)=C2. The van der Waals surface area contributed by atoms with E-state index in [9.17, 15) is 22.0 Å². The van der Waals surface area contributed by atoms with Crippen molar-refractivity contribution in [3.8, 4) is 11.5 Å². The van der Waals surface area contributed by atoms with Crippen molar-refractivity contribution >= 4 is 11.9 Å². The number of pyridine rings is 1. The van der Waals surface area contributed by atoms with Gasteiger partial charge in [0.1, 0.15) is 17.2 Å². The summed E-state index contributed by atoms with van der Waals surface area (Å²) >= 11 is 0. The van der Waals surface area contributed by atoms with Gasteiger partial charge in [0.2, 0.25) is 5.95 Å². The molecule has 1 aliphatic rings. The van der Waals surface area contributed by atoms with Gasteiger partial charge in [-0.05, 0) is 18.2 Å². The molecule has 22 heavy (non-hydrogen) atoms. The van der Waals surface area contributed by atoms with E-state index in [2.05, 4.69) is 15.3 Å². The lowest BCUT2D eigenvalue weighted by Crippen LogP contribution is -2.23. The summed E-state index contributed by atoms with van der Waals surface area (Å²) in [6.45, 7) is -0.422. The fourth-order valence-corrected chi connectivity index (χ4v) is 2.19. The highest BCUT2D eigenvalue weighted by Gasteiger charge is 2.36. The monoisotopic (exact) mass is 316 g/mol. The Kier molecular flexibility index (Phi) is 3.15. The lowest BCUT2D eigenvalue weighted by molar-refractivity contribution is -0.0909. The number of hydrogen-bond donors (Lipinski definition) is 1. The van der Waals surface area contributed by atoms with Crippen molar-refractivity contribution in [1.29, 1.82) is 0 Å². The summed E-state index contributed by atoms with van der Waals surface area (Å²) < 4.78 is 66.4. The Morgan fingerprint density at radius 1 is 1.18 bits per heavy atom. The standard InChI is InChI=1S/C13H9F5N4/c1-22-11-8(4-6(5-19-11)13(16,17)18)20-12(22)10-7(14)2-3-9(15)21-10/h2-4,19H,5H2,1H3. The average Bonchev–Trinajstić information content (AvgIpc) is 2.77. The molecule has 9 heteroatoms. The second-order valence-corrected chi connectivity index (χ2v) is 4.71. The van der Waals surface area contributed by atoms with Gasteiger partial charge in [-0.2, -0.15) is 17.6 Å². The molecular formula is C13H9F5N4. The van der Waals surface area contributed by atoms with E-state index >= 15 is 0 Å². The first-order chi connectivity index (χ1) is 10.3. The van der Waals surface area contributed by atoms with E-state index in [-0.39, 0.29) is 23.0 Å². The molecule has 2 aromatic rings. The molecule has 0 fully saturated rings. The van der Waals surface area contributed by atoms with Crippen LogP contribution < -0.4 is 5.32 Å². The van der Waals surface area contributed by atoms with Crippen molar-refractivity contribution in [2.75, 3.05) is 11.9 Å². The zero-order chi connectivity index (χ0) is 16.1. The number of alkyl halides is 3. The lowest BCUT2D eigenvalue weighted by Gasteiger charge is -2.18. The van der Waals surface area contributed by atoms with Crippen molar-refractivity contribution < 1.29 is 22.0 Å². The van der Waals surface area contributed by atoms with E-state index in [1.807, 2.05) is 0 Å². The predicted molar refractivity (Wildman–Crippen MR) is 68.9 cm³/mol. The third kappa shape index (κ3) is 2.32. The maximum Gasteiger partial charge on any atom is 0.414 e. The van der Waals surface area contributed by atoms with Crippen molar-refractivity contribution in [1.82, 2.24) is 14.5 Å². The molecule has 0 bridgehead atoms. The number of nitrogens with one attached hydrogen (secondary N) is 1. The molecule has 3 heterocycles. The molecule has 1 aliphatic heterocycles. The highest BCUT2D eigenvalue weighted by atomic mass is 19.4. The fourth-order valence-electron chi connectivity index (χ4n) is 2.19. The van der Waals surface area contributed by atoms with E-state index in [0.29, 0.717) is 0 Å². The zero-order valence-corrected chi connectivity index (χ0v) is 11.2. The largest absolute Gasteiger partial charge is 0.414 e. The fraction of sp³-hybridized carbons (Fsp3) is 0.231. The van der Waals surface area contributed by atoms with E-state index in [0.717, 1.165) is 18.2 Å². The van der Waals surface area contributed by atoms with E-state index in [1.54, 1.807) is 0 Å². The van der Waals surface area contributed by atoms with Gasteiger partial charge in [0.05, 0.1) is 5.57 Å². The molecule has 0 spiro atoms. The number of nitrogens with zero attached hydrogens (tertiary/aromatic N) is 3. The van der Waals surface area contributed by atoms with Crippen LogP contribution in [0.1, 0.15) is 5.69 Å². The first-order valence-electron chi connectivity index (χ1n) is 6.18. The third-order valence-corrected chi connectivity index (χ3v) is 3.27. The second kappa shape index (κ2) is 4.79. The first kappa shape index (κ1) is 14.5. The van der Waals surface area contributed by atoms with Crippen molar-refractivity contribution in [2.45, 2.75) is 6.18 Å². The molecule has 0 atom stereocenters. The van der Waals surface area contributed by atoms with Gasteiger partial charge in [-0.1, -0.05) is 0 Å². The number of halogens is 5. The van der Waals surface area contributed by atoms with E-state index in [4.69, 9.17) is 0 Å². The van der Waals surface area contributed by atoms with Gasteiger partial charge < -0.3 is 9.88 Å². The van der Waals surface area contributed by atoms with Crippen LogP contribution in [-0.2, 0) is 7.05 Å². The Labute approximate surface area is 121 Å². The quantitative estimate of drug-likeness (QED) is 0.649. The second-order valence-electron chi connectivity index (χ2n) is 4.71. The summed E-state index contributed by atoms with van der Waals surface area (Å²) in [6, 6.07) is 1.73. The molecule has 2 aromatic heterocycles. The number of rotatable bonds is 1. The highest BCUT2D eigenvalue weighted by molar-refractivity contribution is 5.72. The minimum absolute atomic E-state index is 0.00142. The summed E-state index contributed by atoms with van der Waals surface area (Å²) in [5.41, 5.74) is -1.15. The van der Waals surface area contributed by atoms with Gasteiger partial charge in [-0.25, -0.2) is 14.4 Å². The number of anilines is 1. The normalized spacial score (nSPS) is 14.4. The molecule has 0 amide bonds. The molecule has 0 saturated heterocycles. The molecule has 4 nitrogen and oxygen atoms in total. The molecular weight excluding hydrogens is 307 g/mol. The molecule has 0 aromatic carbocycles. The van der Waals surface area contributed by atoms with Crippen LogP contribution in [0, 0.1) is 11.8 Å². The van der Waals surface area contributed by atoms with Gasteiger partial charge in [0.15, 0.2) is 11.6 Å². The minimum Gasteiger partial charge on any atom is -0.366 e. The molecule has 0 unspecified atom stereocenters. The Balaban J connectivity index is 2.13. The average molecular weight is 316 g/mol. The maximum absolute atomic E-state index is 13.8. The van der Waals surface area contributed by atoms with Crippen LogP contribution in [0.3, 0.4) is 0 Å². The highest BCUT2D eigenvalue weighted by Crippen LogP contribution is 2.34. The molecule has 0 saturated carbocycles. The summed E-state index contributed by atoms with van der Waals surface area (Å²) in [5, 5.41) is 2.58. The van der Waals surface area contributed by atoms with Crippen molar-refractivity contribution in [2.24, 2.45) is 7.05 Å². The van der Waals surface area contributed by atoms with Crippen LogP contribution in [0.2, 0.25) is 0 Å². The Bertz CT molecular complexity index is 775. The molecule has 116 valence electrons. The van der Waals surface area contributed by atoms with Crippen LogP contribution in [0.25, 0.3) is 17.6 Å². The van der Waals surface area contributed by atoms with Crippen molar-refractivity contribution in [3.63, 3.8) is 0 Å². The Hall–Kier alpha value is -2.45. The summed E-state index contributed by atoms with van der Waals surface area (Å²) in [7, 11) is 1.48. The number of aromatic nitrogens is 3. The Morgan fingerprint density at radius 2 is 1.91 bits per heavy atom. The molecule has 3 rings (SSSR count). The topological polar surface area (TPSA) is 42.7 Å². The van der Waals surface area contributed by atoms with Crippen LogP contribution in [-0.4, -0.2) is 27.3 Å². The van der Waals surface area contributed by atoms with Crippen molar-refractivity contribution in [3.05, 3.63) is 35.2 Å².